The Kier molecular flexibility index (Phi) is 4.23. The molecule has 1 rings (SSSR count). The van der Waals surface area contributed by atoms with Crippen molar-refractivity contribution in [3.63, 3.8) is 0 Å². The summed E-state index contributed by atoms with van der Waals surface area (Å²) < 4.78 is 0. The number of carbonyl (C=O) groups excluding carboxylic acids is 2. The molecule has 1 atom stereocenters. The Morgan fingerprint density at radius 3 is 2.12 bits per heavy atom. The summed E-state index contributed by atoms with van der Waals surface area (Å²) in [7, 11) is 0. The van der Waals surface area contributed by atoms with Gasteiger partial charge < -0.3 is 4.90 Å². The van der Waals surface area contributed by atoms with Gasteiger partial charge in [-0.25, -0.2) is 0 Å². The molecule has 86 valence electrons. The summed E-state index contributed by atoms with van der Waals surface area (Å²) in [5.74, 6) is -0.0881. The lowest BCUT2D eigenvalue weighted by atomic mass is 10.0. The van der Waals surface area contributed by atoms with Crippen LogP contribution in [0.3, 0.4) is 0 Å². The van der Waals surface area contributed by atoms with E-state index in [0.717, 1.165) is 5.56 Å². The van der Waals surface area contributed by atoms with Gasteiger partial charge in [-0.05, 0) is 19.4 Å². The van der Waals surface area contributed by atoms with Crippen molar-refractivity contribution in [2.45, 2.75) is 26.8 Å². The first-order chi connectivity index (χ1) is 7.57. The van der Waals surface area contributed by atoms with Gasteiger partial charge in [0.15, 0.2) is 5.78 Å². The van der Waals surface area contributed by atoms with Crippen molar-refractivity contribution < 1.29 is 9.59 Å². The van der Waals surface area contributed by atoms with Crippen LogP contribution in [0.25, 0.3) is 0 Å². The van der Waals surface area contributed by atoms with Gasteiger partial charge in [-0.3, -0.25) is 9.59 Å². The minimum Gasteiger partial charge on any atom is -0.329 e. The van der Waals surface area contributed by atoms with E-state index >= 15 is 0 Å². The number of rotatable bonds is 4. The van der Waals surface area contributed by atoms with Crippen molar-refractivity contribution >= 4 is 11.7 Å². The van der Waals surface area contributed by atoms with Crippen LogP contribution in [0.2, 0.25) is 0 Å². The number of carbonyl (C=O) groups is 2. The van der Waals surface area contributed by atoms with Crippen molar-refractivity contribution in [2.75, 3.05) is 6.54 Å². The van der Waals surface area contributed by atoms with Gasteiger partial charge in [-0.15, -0.1) is 0 Å². The molecule has 1 aromatic rings. The highest BCUT2D eigenvalue weighted by atomic mass is 16.2. The number of likely N-dealkylation sites (N-methyl/N-ethyl adjacent to an activating group) is 1. The number of hydrogen-bond acceptors (Lipinski definition) is 2. The molecule has 1 aromatic carbocycles. The molecule has 3 nitrogen and oxygen atoms in total. The van der Waals surface area contributed by atoms with Gasteiger partial charge in [-0.2, -0.15) is 0 Å². The smallest absolute Gasteiger partial charge is 0.220 e. The van der Waals surface area contributed by atoms with Crippen LogP contribution in [-0.4, -0.2) is 23.1 Å². The summed E-state index contributed by atoms with van der Waals surface area (Å²) in [5.41, 5.74) is 0.868. The molecule has 3 heteroatoms. The zero-order valence-electron chi connectivity index (χ0n) is 9.93. The molecule has 16 heavy (non-hydrogen) atoms. The maximum absolute atomic E-state index is 11.7. The quantitative estimate of drug-likeness (QED) is 0.778. The van der Waals surface area contributed by atoms with Crippen LogP contribution >= 0.6 is 0 Å². The number of benzene rings is 1. The molecule has 1 amide bonds. The van der Waals surface area contributed by atoms with E-state index in [-0.39, 0.29) is 11.7 Å². The van der Waals surface area contributed by atoms with Gasteiger partial charge in [-0.1, -0.05) is 30.3 Å². The molecule has 1 unspecified atom stereocenters. The molecule has 0 aliphatic rings. The van der Waals surface area contributed by atoms with Crippen molar-refractivity contribution in [3.8, 4) is 0 Å². The monoisotopic (exact) mass is 219 g/mol. The highest BCUT2D eigenvalue weighted by Crippen LogP contribution is 2.21. The van der Waals surface area contributed by atoms with E-state index in [0.29, 0.717) is 6.54 Å². The predicted molar refractivity (Wildman–Crippen MR) is 62.9 cm³/mol. The predicted octanol–water partition coefficient (Wildman–Crippen LogP) is 2.19. The van der Waals surface area contributed by atoms with E-state index in [9.17, 15) is 9.59 Å². The van der Waals surface area contributed by atoms with E-state index in [1.807, 2.05) is 37.3 Å². The van der Waals surface area contributed by atoms with Gasteiger partial charge in [0.1, 0.15) is 6.04 Å². The average Bonchev–Trinajstić information content (AvgIpc) is 2.25. The molecule has 0 fully saturated rings. The van der Waals surface area contributed by atoms with Crippen molar-refractivity contribution in [1.82, 2.24) is 4.90 Å². The van der Waals surface area contributed by atoms with Gasteiger partial charge >= 0.3 is 0 Å². The van der Waals surface area contributed by atoms with E-state index < -0.39 is 6.04 Å². The van der Waals surface area contributed by atoms with Gasteiger partial charge in [0.2, 0.25) is 5.91 Å². The van der Waals surface area contributed by atoms with Crippen LogP contribution in [0, 0.1) is 0 Å². The zero-order valence-corrected chi connectivity index (χ0v) is 9.93. The maximum atomic E-state index is 11.7. The van der Waals surface area contributed by atoms with Crippen LogP contribution in [0.1, 0.15) is 32.4 Å². The van der Waals surface area contributed by atoms with E-state index in [1.165, 1.54) is 13.8 Å². The summed E-state index contributed by atoms with van der Waals surface area (Å²) in [6.45, 7) is 5.42. The Labute approximate surface area is 96.1 Å². The van der Waals surface area contributed by atoms with Crippen LogP contribution in [0.15, 0.2) is 30.3 Å². The first-order valence-electron chi connectivity index (χ1n) is 5.40. The van der Waals surface area contributed by atoms with Crippen LogP contribution in [0.5, 0.6) is 0 Å². The first-order valence-corrected chi connectivity index (χ1v) is 5.40. The first kappa shape index (κ1) is 12.4. The van der Waals surface area contributed by atoms with Crippen molar-refractivity contribution in [1.29, 1.82) is 0 Å². The van der Waals surface area contributed by atoms with E-state index in [1.54, 1.807) is 4.90 Å². The van der Waals surface area contributed by atoms with E-state index in [2.05, 4.69) is 0 Å². The molecule has 0 saturated heterocycles. The number of hydrogen-bond donors (Lipinski definition) is 0. The lowest BCUT2D eigenvalue weighted by Gasteiger charge is -2.28. The molecule has 0 saturated carbocycles. The zero-order chi connectivity index (χ0) is 12.1. The minimum absolute atomic E-state index is 0.0109. The average molecular weight is 219 g/mol. The summed E-state index contributed by atoms with van der Waals surface area (Å²) in [6.07, 6.45) is 0. The van der Waals surface area contributed by atoms with Crippen LogP contribution in [0.4, 0.5) is 0 Å². The second-order valence-corrected chi connectivity index (χ2v) is 3.73. The molecule has 0 aliphatic heterocycles. The van der Waals surface area contributed by atoms with Gasteiger partial charge in [0.25, 0.3) is 0 Å². The van der Waals surface area contributed by atoms with E-state index in [4.69, 9.17) is 0 Å². The fraction of sp³-hybridized carbons (Fsp3) is 0.385. The molecule has 0 radical (unpaired) electrons. The Morgan fingerprint density at radius 1 is 1.19 bits per heavy atom. The summed E-state index contributed by atoms with van der Waals surface area (Å²) in [6, 6.07) is 8.93. The molecule has 0 N–H and O–H groups in total. The maximum Gasteiger partial charge on any atom is 0.220 e. The fourth-order valence-electron chi connectivity index (χ4n) is 1.86. The SMILES string of the molecule is CCN(C(C)=O)C(C(C)=O)c1ccccc1. The second-order valence-electron chi connectivity index (χ2n) is 3.73. The van der Waals surface area contributed by atoms with Crippen molar-refractivity contribution in [3.05, 3.63) is 35.9 Å². The Hall–Kier alpha value is -1.64. The summed E-state index contributed by atoms with van der Waals surface area (Å²) in [5, 5.41) is 0. The molecule has 0 bridgehead atoms. The minimum atomic E-state index is -0.455. The topological polar surface area (TPSA) is 37.4 Å². The molecule has 0 aromatic heterocycles. The summed E-state index contributed by atoms with van der Waals surface area (Å²) >= 11 is 0. The normalized spacial score (nSPS) is 11.9. The number of ketones is 1. The highest BCUT2D eigenvalue weighted by Gasteiger charge is 2.25. The Morgan fingerprint density at radius 2 is 1.75 bits per heavy atom. The molecule has 0 heterocycles. The lowest BCUT2D eigenvalue weighted by Crippen LogP contribution is -2.36. The Balaban J connectivity index is 3.09. The third-order valence-electron chi connectivity index (χ3n) is 2.56. The van der Waals surface area contributed by atoms with Crippen molar-refractivity contribution in [2.24, 2.45) is 0 Å². The fourth-order valence-corrected chi connectivity index (χ4v) is 1.86. The molecular weight excluding hydrogens is 202 g/mol. The number of nitrogens with zero attached hydrogens (tertiary/aromatic N) is 1. The number of Topliss-reactive ketones (excluding diaryl/α,β-unsaturated/α-hetero) is 1. The second kappa shape index (κ2) is 5.45. The van der Waals surface area contributed by atoms with Crippen LogP contribution in [-0.2, 0) is 9.59 Å². The molecule has 0 aliphatic carbocycles. The van der Waals surface area contributed by atoms with Gasteiger partial charge in [0, 0.05) is 13.5 Å². The third kappa shape index (κ3) is 2.69. The van der Waals surface area contributed by atoms with Crippen LogP contribution < -0.4 is 0 Å². The third-order valence-corrected chi connectivity index (χ3v) is 2.56. The largest absolute Gasteiger partial charge is 0.329 e. The summed E-state index contributed by atoms with van der Waals surface area (Å²) in [4.78, 5) is 24.7. The van der Waals surface area contributed by atoms with Gasteiger partial charge in [0.05, 0.1) is 0 Å². The molecule has 0 spiro atoms. The Bertz CT molecular complexity index is 373. The standard InChI is InChI=1S/C13H17NO2/c1-4-14(11(3)16)13(10(2)15)12-8-6-5-7-9-12/h5-9,13H,4H2,1-3H3. The lowest BCUT2D eigenvalue weighted by molar-refractivity contribution is -0.137. The molecular formula is C13H17NO2. The highest BCUT2D eigenvalue weighted by molar-refractivity contribution is 5.87. The number of amides is 1.